The molecule has 0 atom stereocenters. The van der Waals surface area contributed by atoms with E-state index in [2.05, 4.69) is 42.5 Å². The highest BCUT2D eigenvalue weighted by Crippen LogP contribution is 2.42. The van der Waals surface area contributed by atoms with E-state index in [1.165, 1.54) is 27.5 Å². The van der Waals surface area contributed by atoms with Crippen molar-refractivity contribution in [2.24, 2.45) is 0 Å². The van der Waals surface area contributed by atoms with Gasteiger partial charge in [0, 0.05) is 0 Å². The molecule has 0 saturated carbocycles. The molecule has 0 bridgehead atoms. The van der Waals surface area contributed by atoms with Crippen molar-refractivity contribution in [1.82, 2.24) is 0 Å². The average Bonchev–Trinajstić information content (AvgIpc) is 3.17. The maximum atomic E-state index is 10.2. The van der Waals surface area contributed by atoms with Crippen LogP contribution < -0.4 is 5.46 Å². The molecule has 2 nitrogen and oxygen atoms in total. The smallest absolute Gasteiger partial charge is 0.423 e. The lowest BCUT2D eigenvalue weighted by molar-refractivity contribution is 0.426. The second-order valence-corrected chi connectivity index (χ2v) is 7.87. The third-order valence-corrected chi connectivity index (χ3v) is 6.38. The summed E-state index contributed by atoms with van der Waals surface area (Å²) in [7, 11) is -1.52. The summed E-state index contributed by atoms with van der Waals surface area (Å²) in [6.45, 7) is 0. The molecule has 5 aromatic carbocycles. The quantitative estimate of drug-likeness (QED) is 0.351. The molecule has 0 radical (unpaired) electrons. The minimum absolute atomic E-state index is 0.575. The Balaban J connectivity index is 1.85. The predicted molar refractivity (Wildman–Crippen MR) is 122 cm³/mol. The highest BCUT2D eigenvalue weighted by atomic mass is 16.4. The van der Waals surface area contributed by atoms with Crippen LogP contribution in [0.15, 0.2) is 78.9 Å². The summed E-state index contributed by atoms with van der Waals surface area (Å²) in [6, 6.07) is 27.3. The molecular weight excluding hydrogens is 355 g/mol. The first-order valence-corrected chi connectivity index (χ1v) is 10.1. The van der Waals surface area contributed by atoms with Crippen molar-refractivity contribution in [1.29, 1.82) is 0 Å². The minimum Gasteiger partial charge on any atom is -0.423 e. The Morgan fingerprint density at radius 2 is 1.10 bits per heavy atom. The van der Waals surface area contributed by atoms with Gasteiger partial charge in [0.15, 0.2) is 0 Å². The van der Waals surface area contributed by atoms with Gasteiger partial charge in [-0.2, -0.15) is 0 Å². The lowest BCUT2D eigenvalue weighted by atomic mass is 9.72. The van der Waals surface area contributed by atoms with Crippen LogP contribution in [0.25, 0.3) is 43.4 Å². The molecule has 1 aliphatic carbocycles. The van der Waals surface area contributed by atoms with Gasteiger partial charge in [0.2, 0.25) is 0 Å². The standard InChI is InChI=1S/C26H19BO2/c28-27(29)26-22-9-3-1-7-19(22)25(20-8-2-4-10-23(20)26)21-15-14-17-13-12-16-6-5-11-18(21)24(16)17/h1-11,14-15,28-29H,12-13H2. The van der Waals surface area contributed by atoms with Gasteiger partial charge >= 0.3 is 7.12 Å². The first-order chi connectivity index (χ1) is 14.2. The van der Waals surface area contributed by atoms with E-state index in [0.29, 0.717) is 5.46 Å². The number of rotatable bonds is 2. The van der Waals surface area contributed by atoms with Crippen molar-refractivity contribution in [2.45, 2.75) is 12.8 Å². The Hall–Kier alpha value is -3.14. The van der Waals surface area contributed by atoms with Crippen LogP contribution in [0.3, 0.4) is 0 Å². The van der Waals surface area contributed by atoms with Gasteiger partial charge in [-0.3, -0.25) is 0 Å². The van der Waals surface area contributed by atoms with Crippen molar-refractivity contribution in [3.8, 4) is 11.1 Å². The zero-order valence-electron chi connectivity index (χ0n) is 15.9. The first kappa shape index (κ1) is 16.8. The van der Waals surface area contributed by atoms with Crippen LogP contribution in [0.4, 0.5) is 0 Å². The zero-order valence-corrected chi connectivity index (χ0v) is 15.9. The van der Waals surface area contributed by atoms with Gasteiger partial charge in [0.05, 0.1) is 0 Å². The third kappa shape index (κ3) is 2.32. The molecule has 0 amide bonds. The van der Waals surface area contributed by atoms with Crippen LogP contribution in [0.2, 0.25) is 0 Å². The van der Waals surface area contributed by atoms with Gasteiger partial charge in [-0.05, 0) is 72.9 Å². The van der Waals surface area contributed by atoms with E-state index < -0.39 is 7.12 Å². The second-order valence-electron chi connectivity index (χ2n) is 7.87. The van der Waals surface area contributed by atoms with Gasteiger partial charge in [-0.25, -0.2) is 0 Å². The third-order valence-electron chi connectivity index (χ3n) is 6.38. The average molecular weight is 374 g/mol. The molecule has 6 rings (SSSR count). The fourth-order valence-corrected chi connectivity index (χ4v) is 5.20. The van der Waals surface area contributed by atoms with Crippen molar-refractivity contribution in [3.05, 3.63) is 90.0 Å². The molecule has 5 aromatic rings. The Kier molecular flexibility index (Phi) is 3.58. The van der Waals surface area contributed by atoms with E-state index >= 15 is 0 Å². The molecule has 0 heterocycles. The Labute approximate surface area is 169 Å². The van der Waals surface area contributed by atoms with Crippen molar-refractivity contribution < 1.29 is 10.0 Å². The van der Waals surface area contributed by atoms with Gasteiger partial charge in [0.25, 0.3) is 0 Å². The highest BCUT2D eigenvalue weighted by Gasteiger charge is 2.24. The predicted octanol–water partition coefficient (Wildman–Crippen LogP) is 4.59. The van der Waals surface area contributed by atoms with Crippen LogP contribution in [-0.4, -0.2) is 17.2 Å². The van der Waals surface area contributed by atoms with E-state index in [4.69, 9.17) is 0 Å². The van der Waals surface area contributed by atoms with E-state index in [1.54, 1.807) is 0 Å². The molecule has 0 saturated heterocycles. The minimum atomic E-state index is -1.52. The summed E-state index contributed by atoms with van der Waals surface area (Å²) in [5.74, 6) is 0. The van der Waals surface area contributed by atoms with Gasteiger partial charge in [-0.1, -0.05) is 78.9 Å². The van der Waals surface area contributed by atoms with Crippen molar-refractivity contribution >= 4 is 44.9 Å². The number of aryl methyl sites for hydroxylation is 2. The maximum absolute atomic E-state index is 10.2. The Morgan fingerprint density at radius 3 is 1.72 bits per heavy atom. The van der Waals surface area contributed by atoms with Crippen LogP contribution in [-0.2, 0) is 12.8 Å². The summed E-state index contributed by atoms with van der Waals surface area (Å²) in [5.41, 5.74) is 5.80. The molecule has 0 spiro atoms. The number of hydrogen-bond acceptors (Lipinski definition) is 2. The molecule has 0 aromatic heterocycles. The van der Waals surface area contributed by atoms with E-state index in [1.807, 2.05) is 36.4 Å². The summed E-state index contributed by atoms with van der Waals surface area (Å²) in [6.07, 6.45) is 2.21. The fourth-order valence-electron chi connectivity index (χ4n) is 5.20. The molecule has 138 valence electrons. The number of fused-ring (bicyclic) bond motifs is 2. The van der Waals surface area contributed by atoms with Crippen molar-refractivity contribution in [2.75, 3.05) is 0 Å². The second kappa shape index (κ2) is 6.18. The van der Waals surface area contributed by atoms with Crippen LogP contribution >= 0.6 is 0 Å². The molecule has 0 aliphatic heterocycles. The van der Waals surface area contributed by atoms with Gasteiger partial charge in [-0.15, -0.1) is 0 Å². The van der Waals surface area contributed by atoms with E-state index in [9.17, 15) is 10.0 Å². The summed E-state index contributed by atoms with van der Waals surface area (Å²) in [4.78, 5) is 0. The molecule has 2 N–H and O–H groups in total. The summed E-state index contributed by atoms with van der Waals surface area (Å²) in [5, 5.41) is 26.9. The SMILES string of the molecule is OB(O)c1c2ccccc2c(-c2ccc3c4c(cccc24)CC3)c2ccccc12. The Bertz CT molecular complexity index is 1370. The monoisotopic (exact) mass is 374 g/mol. The highest BCUT2D eigenvalue weighted by molar-refractivity contribution is 6.66. The van der Waals surface area contributed by atoms with Crippen LogP contribution in [0, 0.1) is 0 Å². The summed E-state index contributed by atoms with van der Waals surface area (Å²) >= 11 is 0. The van der Waals surface area contributed by atoms with Crippen LogP contribution in [0.5, 0.6) is 0 Å². The van der Waals surface area contributed by atoms with Gasteiger partial charge < -0.3 is 10.0 Å². The number of hydrogen-bond donors (Lipinski definition) is 2. The molecule has 0 unspecified atom stereocenters. The van der Waals surface area contributed by atoms with E-state index in [-0.39, 0.29) is 0 Å². The fraction of sp³-hybridized carbons (Fsp3) is 0.0769. The molecular formula is C26H19BO2. The maximum Gasteiger partial charge on any atom is 0.489 e. The largest absolute Gasteiger partial charge is 0.489 e. The molecule has 0 fully saturated rings. The molecule has 29 heavy (non-hydrogen) atoms. The molecule has 3 heteroatoms. The topological polar surface area (TPSA) is 40.5 Å². The lowest BCUT2D eigenvalue weighted by Gasteiger charge is -2.18. The first-order valence-electron chi connectivity index (χ1n) is 10.1. The zero-order chi connectivity index (χ0) is 19.5. The van der Waals surface area contributed by atoms with Gasteiger partial charge in [0.1, 0.15) is 0 Å². The summed E-state index contributed by atoms with van der Waals surface area (Å²) < 4.78 is 0. The number of benzene rings is 5. The lowest BCUT2D eigenvalue weighted by Crippen LogP contribution is -2.31. The normalized spacial score (nSPS) is 12.9. The Morgan fingerprint density at radius 1 is 0.552 bits per heavy atom. The molecule has 1 aliphatic rings. The van der Waals surface area contributed by atoms with Crippen LogP contribution in [0.1, 0.15) is 11.1 Å². The van der Waals surface area contributed by atoms with E-state index in [0.717, 1.165) is 39.9 Å². The van der Waals surface area contributed by atoms with Crippen molar-refractivity contribution in [3.63, 3.8) is 0 Å².